The van der Waals surface area contributed by atoms with E-state index in [1.54, 1.807) is 25.3 Å². The average molecular weight is 339 g/mol. The largest absolute Gasteiger partial charge is 0.491 e. The molecule has 1 aromatic heterocycles. The summed E-state index contributed by atoms with van der Waals surface area (Å²) in [6.45, 7) is 2.90. The molecule has 2 aromatic rings. The summed E-state index contributed by atoms with van der Waals surface area (Å²) in [5.41, 5.74) is 0. The van der Waals surface area contributed by atoms with Gasteiger partial charge in [-0.25, -0.2) is 8.42 Å². The third-order valence-electron chi connectivity index (χ3n) is 3.26. The first-order chi connectivity index (χ1) is 10.9. The van der Waals surface area contributed by atoms with Gasteiger partial charge in [0.1, 0.15) is 23.9 Å². The summed E-state index contributed by atoms with van der Waals surface area (Å²) in [5.74, 6) is 1.96. The number of methoxy groups -OCH3 is 1. The van der Waals surface area contributed by atoms with E-state index in [1.807, 2.05) is 13.0 Å². The molecule has 0 aliphatic carbocycles. The molecule has 0 bridgehead atoms. The molecule has 7 heteroatoms. The van der Waals surface area contributed by atoms with Gasteiger partial charge in [0, 0.05) is 14.2 Å². The Bertz CT molecular complexity index is 721. The summed E-state index contributed by atoms with van der Waals surface area (Å²) in [4.78, 5) is 0.211. The number of ether oxygens (including phenoxy) is 2. The molecule has 0 aliphatic rings. The van der Waals surface area contributed by atoms with E-state index in [4.69, 9.17) is 13.9 Å². The molecule has 0 fully saturated rings. The van der Waals surface area contributed by atoms with Crippen molar-refractivity contribution in [2.24, 2.45) is 0 Å². The number of hydrogen-bond acceptors (Lipinski definition) is 5. The van der Waals surface area contributed by atoms with Crippen molar-refractivity contribution in [2.45, 2.75) is 18.4 Å². The van der Waals surface area contributed by atoms with Gasteiger partial charge in [-0.3, -0.25) is 0 Å². The zero-order valence-electron chi connectivity index (χ0n) is 13.5. The molecule has 1 heterocycles. The van der Waals surface area contributed by atoms with Crippen LogP contribution in [0.4, 0.5) is 0 Å². The quantitative estimate of drug-likeness (QED) is 0.691. The smallest absolute Gasteiger partial charge is 0.243 e. The molecule has 23 heavy (non-hydrogen) atoms. The van der Waals surface area contributed by atoms with E-state index in [0.717, 1.165) is 5.76 Å². The first kappa shape index (κ1) is 17.5. The Morgan fingerprint density at radius 2 is 1.78 bits per heavy atom. The number of rotatable bonds is 8. The maximum Gasteiger partial charge on any atom is 0.243 e. The highest BCUT2D eigenvalue weighted by atomic mass is 32.2. The van der Waals surface area contributed by atoms with Crippen molar-refractivity contribution in [1.82, 2.24) is 4.31 Å². The fourth-order valence-corrected chi connectivity index (χ4v) is 3.14. The van der Waals surface area contributed by atoms with Gasteiger partial charge < -0.3 is 13.9 Å². The minimum atomic E-state index is -3.58. The summed E-state index contributed by atoms with van der Waals surface area (Å²) in [7, 11) is -0.460. The second-order valence-corrected chi connectivity index (χ2v) is 7.13. The molecule has 0 saturated carbocycles. The fourth-order valence-electron chi connectivity index (χ4n) is 2.01. The maximum absolute atomic E-state index is 12.5. The molecule has 0 N–H and O–H groups in total. The molecule has 0 amide bonds. The molecule has 0 saturated heterocycles. The molecule has 126 valence electrons. The van der Waals surface area contributed by atoms with Crippen molar-refractivity contribution >= 4 is 10.0 Å². The minimum Gasteiger partial charge on any atom is -0.491 e. The van der Waals surface area contributed by atoms with Gasteiger partial charge in [0.25, 0.3) is 0 Å². The van der Waals surface area contributed by atoms with Crippen LogP contribution in [0.2, 0.25) is 0 Å². The van der Waals surface area contributed by atoms with Gasteiger partial charge >= 0.3 is 0 Å². The summed E-state index contributed by atoms with van der Waals surface area (Å²) in [6.07, 6.45) is 0. The van der Waals surface area contributed by atoms with E-state index in [2.05, 4.69) is 0 Å². The molecule has 0 aliphatic heterocycles. The number of sulfonamides is 1. The van der Waals surface area contributed by atoms with E-state index in [1.165, 1.54) is 23.5 Å². The van der Waals surface area contributed by atoms with Gasteiger partial charge in [0.15, 0.2) is 0 Å². The monoisotopic (exact) mass is 339 g/mol. The summed E-state index contributed by atoms with van der Waals surface area (Å²) in [6, 6.07) is 9.90. The molecular weight excluding hydrogens is 318 g/mol. The fraction of sp³-hybridized carbons (Fsp3) is 0.375. The standard InChI is InChI=1S/C16H21NO5S/c1-13-4-5-15(22-13)12-17(2)23(18,19)16-8-6-14(7-9-16)21-11-10-20-3/h4-9H,10-12H2,1-3H3. The van der Waals surface area contributed by atoms with Crippen molar-refractivity contribution in [3.63, 3.8) is 0 Å². The molecule has 0 spiro atoms. The molecule has 0 atom stereocenters. The number of aryl methyl sites for hydroxylation is 1. The van der Waals surface area contributed by atoms with Crippen molar-refractivity contribution in [2.75, 3.05) is 27.4 Å². The third kappa shape index (κ3) is 4.57. The first-order valence-corrected chi connectivity index (χ1v) is 8.61. The van der Waals surface area contributed by atoms with Crippen LogP contribution in [0.3, 0.4) is 0 Å². The molecule has 1 aromatic carbocycles. The van der Waals surface area contributed by atoms with Gasteiger partial charge in [-0.1, -0.05) is 0 Å². The Morgan fingerprint density at radius 1 is 1.09 bits per heavy atom. The first-order valence-electron chi connectivity index (χ1n) is 7.17. The Balaban J connectivity index is 2.06. The lowest BCUT2D eigenvalue weighted by Gasteiger charge is -2.16. The molecular formula is C16H21NO5S. The number of furan rings is 1. The summed E-state index contributed by atoms with van der Waals surface area (Å²) in [5, 5.41) is 0. The second-order valence-electron chi connectivity index (χ2n) is 5.09. The van der Waals surface area contributed by atoms with Crippen LogP contribution in [0.15, 0.2) is 45.7 Å². The predicted molar refractivity (Wildman–Crippen MR) is 85.9 cm³/mol. The minimum absolute atomic E-state index is 0.183. The average Bonchev–Trinajstić information content (AvgIpc) is 2.93. The van der Waals surface area contributed by atoms with E-state index in [0.29, 0.717) is 24.7 Å². The van der Waals surface area contributed by atoms with E-state index in [9.17, 15) is 8.42 Å². The summed E-state index contributed by atoms with van der Waals surface area (Å²) >= 11 is 0. The van der Waals surface area contributed by atoms with Crippen LogP contribution in [0.5, 0.6) is 5.75 Å². The lowest BCUT2D eigenvalue weighted by atomic mass is 10.3. The highest BCUT2D eigenvalue weighted by Crippen LogP contribution is 2.20. The lowest BCUT2D eigenvalue weighted by Crippen LogP contribution is -2.26. The topological polar surface area (TPSA) is 69.0 Å². The SMILES string of the molecule is COCCOc1ccc(S(=O)(=O)N(C)Cc2ccc(C)o2)cc1. The van der Waals surface area contributed by atoms with Gasteiger partial charge in [-0.15, -0.1) is 0 Å². The molecule has 0 unspecified atom stereocenters. The van der Waals surface area contributed by atoms with Gasteiger partial charge in [0.2, 0.25) is 10.0 Å². The van der Waals surface area contributed by atoms with E-state index in [-0.39, 0.29) is 11.4 Å². The normalized spacial score (nSPS) is 11.8. The molecule has 0 radical (unpaired) electrons. The van der Waals surface area contributed by atoms with Crippen LogP contribution in [-0.2, 0) is 21.3 Å². The highest BCUT2D eigenvalue weighted by molar-refractivity contribution is 7.89. The van der Waals surface area contributed by atoms with Crippen LogP contribution in [0.1, 0.15) is 11.5 Å². The van der Waals surface area contributed by atoms with E-state index >= 15 is 0 Å². The zero-order valence-corrected chi connectivity index (χ0v) is 14.3. The van der Waals surface area contributed by atoms with Crippen LogP contribution in [-0.4, -0.2) is 40.1 Å². The van der Waals surface area contributed by atoms with Gasteiger partial charge in [-0.2, -0.15) is 4.31 Å². The second kappa shape index (κ2) is 7.63. The van der Waals surface area contributed by atoms with Crippen molar-refractivity contribution < 1.29 is 22.3 Å². The number of hydrogen-bond donors (Lipinski definition) is 0. The lowest BCUT2D eigenvalue weighted by molar-refractivity contribution is 0.146. The Hall–Kier alpha value is -1.83. The number of benzene rings is 1. The molecule has 6 nitrogen and oxygen atoms in total. The highest BCUT2D eigenvalue weighted by Gasteiger charge is 2.21. The Kier molecular flexibility index (Phi) is 5.81. The van der Waals surface area contributed by atoms with Crippen molar-refractivity contribution in [3.05, 3.63) is 47.9 Å². The number of nitrogens with zero attached hydrogens (tertiary/aromatic N) is 1. The van der Waals surface area contributed by atoms with Crippen LogP contribution in [0, 0.1) is 6.92 Å². The van der Waals surface area contributed by atoms with E-state index < -0.39 is 10.0 Å². The van der Waals surface area contributed by atoms with Crippen LogP contribution in [0.25, 0.3) is 0 Å². The predicted octanol–water partition coefficient (Wildman–Crippen LogP) is 2.43. The maximum atomic E-state index is 12.5. The zero-order chi connectivity index (χ0) is 16.9. The van der Waals surface area contributed by atoms with Crippen molar-refractivity contribution in [1.29, 1.82) is 0 Å². The van der Waals surface area contributed by atoms with Gasteiger partial charge in [0.05, 0.1) is 18.0 Å². The Labute approximate surface area is 136 Å². The van der Waals surface area contributed by atoms with Gasteiger partial charge in [-0.05, 0) is 43.3 Å². The van der Waals surface area contributed by atoms with Crippen LogP contribution < -0.4 is 4.74 Å². The Morgan fingerprint density at radius 3 is 2.35 bits per heavy atom. The van der Waals surface area contributed by atoms with Crippen LogP contribution >= 0.6 is 0 Å². The third-order valence-corrected chi connectivity index (χ3v) is 5.08. The van der Waals surface area contributed by atoms with Crippen molar-refractivity contribution in [3.8, 4) is 5.75 Å². The molecule has 2 rings (SSSR count). The summed E-state index contributed by atoms with van der Waals surface area (Å²) < 4.78 is 42.1.